The molecule has 0 saturated carbocycles. The van der Waals surface area contributed by atoms with Gasteiger partial charge in [-0.1, -0.05) is 0 Å². The second-order valence-electron chi connectivity index (χ2n) is 3.17. The summed E-state index contributed by atoms with van der Waals surface area (Å²) in [4.78, 5) is 23.6. The number of nitrogens with zero attached hydrogens (tertiary/aromatic N) is 5. The molecule has 0 fully saturated rings. The predicted molar refractivity (Wildman–Crippen MR) is 63.7 cm³/mol. The maximum absolute atomic E-state index is 10.7. The fourth-order valence-electron chi connectivity index (χ4n) is 1.28. The lowest BCUT2D eigenvalue weighted by Gasteiger charge is -1.98. The molecule has 0 bridgehead atoms. The maximum atomic E-state index is 10.7. The van der Waals surface area contributed by atoms with Crippen molar-refractivity contribution in [3.63, 3.8) is 0 Å². The summed E-state index contributed by atoms with van der Waals surface area (Å²) in [5.41, 5.74) is -0.718. The molecule has 0 aliphatic carbocycles. The number of nitro groups is 2. The number of amidine groups is 1. The summed E-state index contributed by atoms with van der Waals surface area (Å²) in [5.74, 6) is 0.0202. The summed E-state index contributed by atoms with van der Waals surface area (Å²) < 4.78 is 0. The van der Waals surface area contributed by atoms with Crippen LogP contribution in [0.3, 0.4) is 0 Å². The molecular formula is C8H3N5O4S. The lowest BCUT2D eigenvalue weighted by Crippen LogP contribution is -1.99. The summed E-state index contributed by atoms with van der Waals surface area (Å²) in [6.45, 7) is 0. The molecule has 0 saturated heterocycles. The van der Waals surface area contributed by atoms with E-state index in [0.717, 1.165) is 18.2 Å². The number of thiocarbonyl (C=S) groups is 1. The monoisotopic (exact) mass is 265 g/mol. The minimum absolute atomic E-state index is 0.0202. The molecule has 1 aromatic carbocycles. The second kappa shape index (κ2) is 4.33. The first kappa shape index (κ1) is 11.9. The van der Waals surface area contributed by atoms with Crippen LogP contribution >= 0.6 is 12.2 Å². The predicted octanol–water partition coefficient (Wildman–Crippen LogP) is 2.00. The number of nitro benzene ring substituents is 2. The van der Waals surface area contributed by atoms with E-state index in [-0.39, 0.29) is 16.5 Å². The third-order valence-electron chi connectivity index (χ3n) is 2.01. The highest BCUT2D eigenvalue weighted by molar-refractivity contribution is 7.80. The molecular weight excluding hydrogens is 262 g/mol. The van der Waals surface area contributed by atoms with Crippen LogP contribution < -0.4 is 0 Å². The van der Waals surface area contributed by atoms with E-state index in [1.807, 2.05) is 0 Å². The molecule has 18 heavy (non-hydrogen) atoms. The Hall–Kier alpha value is -2.62. The molecule has 9 nitrogen and oxygen atoms in total. The zero-order valence-electron chi connectivity index (χ0n) is 8.51. The Morgan fingerprint density at radius 1 is 1.00 bits per heavy atom. The van der Waals surface area contributed by atoms with Gasteiger partial charge >= 0.3 is 0 Å². The molecule has 0 spiro atoms. The SMILES string of the molecule is O=[N+]([O-])c1cc(C2=NC(=S)N=N2)cc([N+](=O)[O-])c1. The first-order chi connectivity index (χ1) is 8.47. The molecule has 0 amide bonds. The van der Waals surface area contributed by atoms with Crippen LogP contribution in [0.15, 0.2) is 33.4 Å². The van der Waals surface area contributed by atoms with Crippen molar-refractivity contribution in [1.82, 2.24) is 0 Å². The first-order valence-electron chi connectivity index (χ1n) is 4.46. The van der Waals surface area contributed by atoms with Crippen LogP contribution in [-0.2, 0) is 0 Å². The maximum Gasteiger partial charge on any atom is 0.277 e. The fourth-order valence-corrected chi connectivity index (χ4v) is 1.41. The van der Waals surface area contributed by atoms with Gasteiger partial charge < -0.3 is 0 Å². The van der Waals surface area contributed by atoms with Gasteiger partial charge in [-0.15, -0.1) is 10.2 Å². The van der Waals surface area contributed by atoms with Crippen LogP contribution in [0.1, 0.15) is 5.56 Å². The van der Waals surface area contributed by atoms with Crippen LogP contribution in [0.25, 0.3) is 0 Å². The molecule has 0 unspecified atom stereocenters. The Labute approximate surface area is 104 Å². The Bertz CT molecular complexity index is 606. The van der Waals surface area contributed by atoms with E-state index in [4.69, 9.17) is 0 Å². The highest BCUT2D eigenvalue weighted by Gasteiger charge is 2.20. The summed E-state index contributed by atoms with van der Waals surface area (Å²) in [5, 5.41) is 28.3. The molecule has 1 aromatic rings. The minimum atomic E-state index is -0.735. The van der Waals surface area contributed by atoms with E-state index >= 15 is 0 Å². The zero-order valence-corrected chi connectivity index (χ0v) is 9.33. The largest absolute Gasteiger partial charge is 0.277 e. The standard InChI is InChI=1S/C8H3N5O4S/c14-12(15)5-1-4(2-6(3-5)13(16)17)7-9-8(18)11-10-7/h1-3H. The number of non-ortho nitro benzene ring substituents is 2. The molecule has 1 aliphatic heterocycles. The highest BCUT2D eigenvalue weighted by Crippen LogP contribution is 2.24. The van der Waals surface area contributed by atoms with Gasteiger partial charge in [-0.2, -0.15) is 4.99 Å². The van der Waals surface area contributed by atoms with E-state index in [9.17, 15) is 20.2 Å². The summed E-state index contributed by atoms with van der Waals surface area (Å²) >= 11 is 4.65. The Morgan fingerprint density at radius 2 is 1.56 bits per heavy atom. The van der Waals surface area contributed by atoms with Crippen molar-refractivity contribution in [2.24, 2.45) is 15.2 Å². The number of azo groups is 1. The molecule has 1 heterocycles. The van der Waals surface area contributed by atoms with Gasteiger partial charge in [0, 0.05) is 17.7 Å². The first-order valence-corrected chi connectivity index (χ1v) is 4.87. The van der Waals surface area contributed by atoms with Crippen molar-refractivity contribution in [2.75, 3.05) is 0 Å². The average Bonchev–Trinajstić information content (AvgIpc) is 2.75. The Balaban J connectivity index is 2.57. The molecule has 0 radical (unpaired) electrons. The van der Waals surface area contributed by atoms with Crippen LogP contribution in [-0.4, -0.2) is 20.8 Å². The van der Waals surface area contributed by atoms with Gasteiger partial charge in [0.1, 0.15) is 0 Å². The number of hydrogen-bond donors (Lipinski definition) is 0. The lowest BCUT2D eigenvalue weighted by molar-refractivity contribution is -0.394. The van der Waals surface area contributed by atoms with E-state index in [0.29, 0.717) is 0 Å². The molecule has 90 valence electrons. The number of hydrogen-bond acceptors (Lipinski definition) is 6. The van der Waals surface area contributed by atoms with Gasteiger partial charge in [-0.3, -0.25) is 20.2 Å². The van der Waals surface area contributed by atoms with Crippen molar-refractivity contribution in [1.29, 1.82) is 0 Å². The van der Waals surface area contributed by atoms with Crippen molar-refractivity contribution < 1.29 is 9.85 Å². The van der Waals surface area contributed by atoms with E-state index in [2.05, 4.69) is 27.4 Å². The molecule has 0 aromatic heterocycles. The van der Waals surface area contributed by atoms with Crippen molar-refractivity contribution >= 4 is 34.5 Å². The molecule has 1 aliphatic rings. The third kappa shape index (κ3) is 2.22. The molecule has 2 rings (SSSR count). The number of benzene rings is 1. The lowest BCUT2D eigenvalue weighted by atomic mass is 10.1. The van der Waals surface area contributed by atoms with Crippen molar-refractivity contribution in [2.45, 2.75) is 0 Å². The highest BCUT2D eigenvalue weighted by atomic mass is 32.1. The average molecular weight is 265 g/mol. The van der Waals surface area contributed by atoms with Gasteiger partial charge in [0.15, 0.2) is 5.84 Å². The summed E-state index contributed by atoms with van der Waals surface area (Å²) in [6, 6.07) is 3.10. The third-order valence-corrected chi connectivity index (χ3v) is 2.19. The Kier molecular flexibility index (Phi) is 2.85. The molecule has 0 atom stereocenters. The van der Waals surface area contributed by atoms with Gasteiger partial charge in [-0.05, 0) is 12.2 Å². The quantitative estimate of drug-likeness (QED) is 0.469. The van der Waals surface area contributed by atoms with Crippen molar-refractivity contribution in [3.8, 4) is 0 Å². The number of aliphatic imine (C=N–C) groups is 1. The van der Waals surface area contributed by atoms with Crippen LogP contribution in [0.4, 0.5) is 11.4 Å². The van der Waals surface area contributed by atoms with E-state index < -0.39 is 21.2 Å². The zero-order chi connectivity index (χ0) is 13.3. The van der Waals surface area contributed by atoms with Crippen LogP contribution in [0.2, 0.25) is 0 Å². The van der Waals surface area contributed by atoms with Crippen molar-refractivity contribution in [3.05, 3.63) is 44.0 Å². The fraction of sp³-hybridized carbons (Fsp3) is 0. The normalized spacial score (nSPS) is 13.6. The van der Waals surface area contributed by atoms with Crippen LogP contribution in [0.5, 0.6) is 0 Å². The van der Waals surface area contributed by atoms with E-state index in [1.165, 1.54) is 0 Å². The Morgan fingerprint density at radius 3 is 1.94 bits per heavy atom. The van der Waals surface area contributed by atoms with E-state index in [1.54, 1.807) is 0 Å². The second-order valence-corrected chi connectivity index (χ2v) is 3.54. The summed E-state index contributed by atoms with van der Waals surface area (Å²) in [7, 11) is 0. The number of rotatable bonds is 3. The van der Waals surface area contributed by atoms with Gasteiger partial charge in [0.25, 0.3) is 11.4 Å². The molecule has 0 N–H and O–H groups in total. The van der Waals surface area contributed by atoms with Gasteiger partial charge in [0.05, 0.1) is 15.9 Å². The smallest absolute Gasteiger partial charge is 0.258 e. The summed E-state index contributed by atoms with van der Waals surface area (Å²) in [6.07, 6.45) is 0. The van der Waals surface area contributed by atoms with Crippen LogP contribution in [0, 0.1) is 20.2 Å². The van der Waals surface area contributed by atoms with Gasteiger partial charge in [-0.25, -0.2) is 0 Å². The minimum Gasteiger partial charge on any atom is -0.258 e. The topological polar surface area (TPSA) is 123 Å². The van der Waals surface area contributed by atoms with Gasteiger partial charge in [0.2, 0.25) is 5.11 Å². The molecule has 10 heteroatoms.